The highest BCUT2D eigenvalue weighted by molar-refractivity contribution is 7.92. The van der Waals surface area contributed by atoms with Crippen LogP contribution < -0.4 is 4.31 Å². The first-order chi connectivity index (χ1) is 10.6. The van der Waals surface area contributed by atoms with E-state index in [1.165, 1.54) is 4.31 Å². The summed E-state index contributed by atoms with van der Waals surface area (Å²) in [5.41, 5.74) is 1.16. The molecule has 22 heavy (non-hydrogen) atoms. The largest absolute Gasteiger partial charge is 0.441 e. The molecule has 0 amide bonds. The molecular weight excluding hydrogens is 304 g/mol. The molecule has 114 valence electrons. The maximum atomic E-state index is 12.8. The number of rotatable bonds is 3. The minimum absolute atomic E-state index is 0.214. The molecule has 0 saturated heterocycles. The van der Waals surface area contributed by atoms with Crippen molar-refractivity contribution in [3.8, 4) is 0 Å². The van der Waals surface area contributed by atoms with E-state index in [1.807, 2.05) is 6.92 Å². The lowest BCUT2D eigenvalue weighted by Crippen LogP contribution is -2.29. The van der Waals surface area contributed by atoms with Crippen molar-refractivity contribution >= 4 is 26.9 Å². The van der Waals surface area contributed by atoms with Gasteiger partial charge in [0, 0.05) is 12.5 Å². The maximum Gasteiger partial charge on any atom is 0.265 e. The third-order valence-electron chi connectivity index (χ3n) is 3.76. The third kappa shape index (κ3) is 1.83. The van der Waals surface area contributed by atoms with E-state index in [-0.39, 0.29) is 4.90 Å². The Hall–Kier alpha value is -2.35. The van der Waals surface area contributed by atoms with Gasteiger partial charge in [-0.1, -0.05) is 6.92 Å². The average Bonchev–Trinajstić information content (AvgIpc) is 3.19. The Balaban J connectivity index is 1.80. The minimum Gasteiger partial charge on any atom is -0.441 e. The van der Waals surface area contributed by atoms with Gasteiger partial charge < -0.3 is 4.42 Å². The zero-order chi connectivity index (χ0) is 15.3. The van der Waals surface area contributed by atoms with Crippen molar-refractivity contribution in [1.82, 2.24) is 14.8 Å². The van der Waals surface area contributed by atoms with Crippen molar-refractivity contribution in [1.29, 1.82) is 0 Å². The van der Waals surface area contributed by atoms with Gasteiger partial charge in [0.05, 0.1) is 24.2 Å². The van der Waals surface area contributed by atoms with Gasteiger partial charge in [0.15, 0.2) is 11.5 Å². The van der Waals surface area contributed by atoms with Crippen molar-refractivity contribution in [3.63, 3.8) is 0 Å². The molecule has 3 heterocycles. The van der Waals surface area contributed by atoms with Gasteiger partial charge in [-0.25, -0.2) is 22.4 Å². The first-order valence-corrected chi connectivity index (χ1v) is 8.47. The van der Waals surface area contributed by atoms with Gasteiger partial charge in [-0.2, -0.15) is 5.10 Å². The summed E-state index contributed by atoms with van der Waals surface area (Å²) in [6.45, 7) is 2.89. The highest BCUT2D eigenvalue weighted by atomic mass is 32.2. The summed E-state index contributed by atoms with van der Waals surface area (Å²) in [7, 11) is -3.62. The van der Waals surface area contributed by atoms with Crippen LogP contribution in [-0.2, 0) is 23.0 Å². The summed E-state index contributed by atoms with van der Waals surface area (Å²) >= 11 is 0. The zero-order valence-electron chi connectivity index (χ0n) is 11.9. The van der Waals surface area contributed by atoms with Crippen LogP contribution in [0.2, 0.25) is 0 Å². The molecule has 7 nitrogen and oxygen atoms in total. The van der Waals surface area contributed by atoms with Crippen molar-refractivity contribution in [3.05, 3.63) is 36.4 Å². The summed E-state index contributed by atoms with van der Waals surface area (Å²) < 4.78 is 34.3. The highest BCUT2D eigenvalue weighted by Crippen LogP contribution is 2.29. The molecule has 0 fully saturated rings. The standard InChI is InChI=1S/C14H14N4O3S/c1-2-13-16-11-9-10(3-4-12(11)21-13)22(19,20)18-8-7-17-14(18)5-6-15-17/h3-6,9H,2,7-8H2,1H3. The first-order valence-electron chi connectivity index (χ1n) is 7.03. The summed E-state index contributed by atoms with van der Waals surface area (Å²) in [5.74, 6) is 1.19. The number of aryl methyl sites for hydroxylation is 1. The maximum absolute atomic E-state index is 12.8. The van der Waals surface area contributed by atoms with Crippen LogP contribution in [0.15, 0.2) is 39.8 Å². The topological polar surface area (TPSA) is 81.2 Å². The SMILES string of the molecule is CCc1nc2cc(S(=O)(=O)N3CCn4nccc43)ccc2o1. The molecule has 3 aromatic rings. The Bertz CT molecular complexity index is 958. The van der Waals surface area contributed by atoms with Crippen LogP contribution in [0.25, 0.3) is 11.1 Å². The molecule has 4 rings (SSSR count). The number of oxazole rings is 1. The number of anilines is 1. The summed E-state index contributed by atoms with van der Waals surface area (Å²) in [5, 5.41) is 4.10. The second-order valence-electron chi connectivity index (χ2n) is 5.08. The molecule has 0 spiro atoms. The van der Waals surface area contributed by atoms with E-state index in [1.54, 1.807) is 35.1 Å². The molecular formula is C14H14N4O3S. The average molecular weight is 318 g/mol. The molecule has 0 saturated carbocycles. The van der Waals surface area contributed by atoms with E-state index in [9.17, 15) is 8.42 Å². The monoisotopic (exact) mass is 318 g/mol. The van der Waals surface area contributed by atoms with Crippen LogP contribution in [0.1, 0.15) is 12.8 Å². The molecule has 8 heteroatoms. The molecule has 2 aromatic heterocycles. The van der Waals surface area contributed by atoms with Crippen molar-refractivity contribution in [2.75, 3.05) is 10.8 Å². The van der Waals surface area contributed by atoms with E-state index < -0.39 is 10.0 Å². The van der Waals surface area contributed by atoms with Crippen LogP contribution in [-0.4, -0.2) is 29.7 Å². The zero-order valence-corrected chi connectivity index (χ0v) is 12.7. The van der Waals surface area contributed by atoms with Gasteiger partial charge in [0.2, 0.25) is 0 Å². The van der Waals surface area contributed by atoms with Crippen LogP contribution in [0.4, 0.5) is 5.82 Å². The molecule has 0 radical (unpaired) electrons. The number of benzene rings is 1. The smallest absolute Gasteiger partial charge is 0.265 e. The fourth-order valence-corrected chi connectivity index (χ4v) is 4.13. The Morgan fingerprint density at radius 1 is 1.27 bits per heavy atom. The summed E-state index contributed by atoms with van der Waals surface area (Å²) in [6.07, 6.45) is 2.27. The van der Waals surface area contributed by atoms with Crippen molar-refractivity contribution in [2.45, 2.75) is 24.8 Å². The second kappa shape index (κ2) is 4.57. The quantitative estimate of drug-likeness (QED) is 0.735. The predicted molar refractivity (Wildman–Crippen MR) is 80.1 cm³/mol. The second-order valence-corrected chi connectivity index (χ2v) is 6.94. The van der Waals surface area contributed by atoms with Crippen LogP contribution >= 0.6 is 0 Å². The number of aromatic nitrogens is 3. The lowest BCUT2D eigenvalue weighted by atomic mass is 10.3. The Labute approximate surface area is 127 Å². The van der Waals surface area contributed by atoms with Crippen molar-refractivity contribution in [2.24, 2.45) is 0 Å². The molecule has 1 aliphatic rings. The fourth-order valence-electron chi connectivity index (χ4n) is 2.65. The molecule has 0 unspecified atom stereocenters. The van der Waals surface area contributed by atoms with E-state index in [0.717, 1.165) is 0 Å². The Kier molecular flexibility index (Phi) is 2.77. The fraction of sp³-hybridized carbons (Fsp3) is 0.286. The molecule has 0 N–H and O–H groups in total. The van der Waals surface area contributed by atoms with E-state index >= 15 is 0 Å². The van der Waals surface area contributed by atoms with Gasteiger partial charge in [-0.3, -0.25) is 0 Å². The van der Waals surface area contributed by atoms with Gasteiger partial charge in [-0.15, -0.1) is 0 Å². The van der Waals surface area contributed by atoms with E-state index in [4.69, 9.17) is 4.42 Å². The minimum atomic E-state index is -3.62. The van der Waals surface area contributed by atoms with Gasteiger partial charge in [0.1, 0.15) is 11.3 Å². The Morgan fingerprint density at radius 2 is 2.14 bits per heavy atom. The number of hydrogen-bond acceptors (Lipinski definition) is 5. The molecule has 0 aliphatic carbocycles. The first kappa shape index (κ1) is 13.3. The molecule has 0 bridgehead atoms. The normalized spacial score (nSPS) is 14.7. The van der Waals surface area contributed by atoms with Crippen LogP contribution in [0.3, 0.4) is 0 Å². The van der Waals surface area contributed by atoms with Crippen LogP contribution in [0.5, 0.6) is 0 Å². The summed E-state index contributed by atoms with van der Waals surface area (Å²) in [6, 6.07) is 6.48. The van der Waals surface area contributed by atoms with Crippen LogP contribution in [0, 0.1) is 0 Å². The number of sulfonamides is 1. The molecule has 1 aliphatic heterocycles. The van der Waals surface area contributed by atoms with Gasteiger partial charge in [-0.05, 0) is 18.2 Å². The highest BCUT2D eigenvalue weighted by Gasteiger charge is 2.31. The number of hydrogen-bond donors (Lipinski definition) is 0. The van der Waals surface area contributed by atoms with Crippen molar-refractivity contribution < 1.29 is 12.8 Å². The third-order valence-corrected chi connectivity index (χ3v) is 5.56. The van der Waals surface area contributed by atoms with E-state index in [0.29, 0.717) is 42.3 Å². The number of fused-ring (bicyclic) bond motifs is 2. The van der Waals surface area contributed by atoms with Gasteiger partial charge >= 0.3 is 0 Å². The Morgan fingerprint density at radius 3 is 2.95 bits per heavy atom. The summed E-state index contributed by atoms with van der Waals surface area (Å²) in [4.78, 5) is 4.51. The molecule has 0 atom stereocenters. The molecule has 1 aromatic carbocycles. The lowest BCUT2D eigenvalue weighted by Gasteiger charge is -2.17. The van der Waals surface area contributed by atoms with E-state index in [2.05, 4.69) is 10.1 Å². The van der Waals surface area contributed by atoms with Gasteiger partial charge in [0.25, 0.3) is 10.0 Å². The number of nitrogens with zero attached hydrogens (tertiary/aromatic N) is 4. The predicted octanol–water partition coefficient (Wildman–Crippen LogP) is 1.80. The lowest BCUT2D eigenvalue weighted by molar-refractivity contribution is 0.538.